The van der Waals surface area contributed by atoms with Crippen molar-refractivity contribution < 1.29 is 10.0 Å². The molecule has 0 aliphatic heterocycles. The fourth-order valence-corrected chi connectivity index (χ4v) is 2.00. The third-order valence-corrected chi connectivity index (χ3v) is 2.69. The maximum Gasteiger partial charge on any atom is 0.276 e. The Bertz CT molecular complexity index is 491. The second kappa shape index (κ2) is 7.19. The smallest absolute Gasteiger partial charge is 0.276 e. The summed E-state index contributed by atoms with van der Waals surface area (Å²) in [6.45, 7) is 4.91. The molecule has 0 radical (unpaired) electrons. The summed E-state index contributed by atoms with van der Waals surface area (Å²) in [5.74, 6) is 0.792. The Morgan fingerprint density at radius 1 is 1.38 bits per heavy atom. The fourth-order valence-electron chi connectivity index (χ4n) is 2.00. The van der Waals surface area contributed by atoms with Crippen LogP contribution in [0.1, 0.15) is 13.8 Å². The third kappa shape index (κ3) is 5.92. The van der Waals surface area contributed by atoms with Gasteiger partial charge in [0, 0.05) is 19.6 Å². The highest BCUT2D eigenvalue weighted by atomic mass is 16.6. The first-order chi connectivity index (χ1) is 9.73. The van der Waals surface area contributed by atoms with Gasteiger partial charge in [0.15, 0.2) is 0 Å². The molecule has 0 saturated heterocycles. The topological polar surface area (TPSA) is 104 Å². The van der Waals surface area contributed by atoms with Crippen LogP contribution in [0.5, 0.6) is 0 Å². The molecule has 0 amide bonds. The summed E-state index contributed by atoms with van der Waals surface area (Å²) in [6.07, 6.45) is 0. The normalized spacial score (nSPS) is 13.8. The number of likely N-dealkylation sites (N-methyl/N-ethyl adjacent to an activating group) is 1. The quantitative estimate of drug-likeness (QED) is 0.488. The highest BCUT2D eigenvalue weighted by Crippen LogP contribution is 2.21. The van der Waals surface area contributed by atoms with Crippen LogP contribution in [0.2, 0.25) is 0 Å². The first kappa shape index (κ1) is 17.1. The molecule has 0 fully saturated rings. The highest BCUT2D eigenvalue weighted by molar-refractivity contribution is 5.54. The predicted octanol–water partition coefficient (Wildman–Crippen LogP) is 1.15. The largest absolute Gasteiger partial charge is 0.387 e. The Labute approximate surface area is 124 Å². The van der Waals surface area contributed by atoms with Crippen LogP contribution in [0, 0.1) is 10.1 Å². The number of aliphatic hydroxyl groups is 1. The van der Waals surface area contributed by atoms with E-state index in [4.69, 9.17) is 0 Å². The summed E-state index contributed by atoms with van der Waals surface area (Å²) >= 11 is 0. The average molecular weight is 297 g/mol. The molecule has 1 atom stereocenters. The fraction of sp³-hybridized carbons (Fsp3) is 0.615. The van der Waals surface area contributed by atoms with Crippen LogP contribution in [-0.2, 0) is 0 Å². The molecule has 21 heavy (non-hydrogen) atoms. The van der Waals surface area contributed by atoms with Crippen molar-refractivity contribution in [3.8, 4) is 0 Å². The van der Waals surface area contributed by atoms with Crippen molar-refractivity contribution in [1.82, 2.24) is 9.88 Å². The van der Waals surface area contributed by atoms with Crippen LogP contribution in [0.3, 0.4) is 0 Å². The molecule has 1 aromatic rings. The van der Waals surface area contributed by atoms with Crippen LogP contribution in [0.25, 0.3) is 0 Å². The van der Waals surface area contributed by atoms with Crippen molar-refractivity contribution in [2.45, 2.75) is 19.4 Å². The van der Waals surface area contributed by atoms with Crippen LogP contribution < -0.4 is 10.6 Å². The van der Waals surface area contributed by atoms with Crippen molar-refractivity contribution in [3.05, 3.63) is 22.2 Å². The van der Waals surface area contributed by atoms with Crippen molar-refractivity contribution in [2.75, 3.05) is 44.4 Å². The van der Waals surface area contributed by atoms with E-state index in [-0.39, 0.29) is 12.2 Å². The van der Waals surface area contributed by atoms with Crippen molar-refractivity contribution in [2.24, 2.45) is 0 Å². The van der Waals surface area contributed by atoms with Gasteiger partial charge in [0.05, 0.1) is 22.7 Å². The highest BCUT2D eigenvalue weighted by Gasteiger charge is 2.21. The molecule has 1 aromatic heterocycles. The van der Waals surface area contributed by atoms with Gasteiger partial charge in [-0.3, -0.25) is 10.1 Å². The molecular formula is C13H23N5O3. The van der Waals surface area contributed by atoms with E-state index in [1.807, 2.05) is 25.9 Å². The molecule has 8 nitrogen and oxygen atoms in total. The summed E-state index contributed by atoms with van der Waals surface area (Å²) in [6, 6.07) is 2.74. The zero-order valence-corrected chi connectivity index (χ0v) is 12.9. The standard InChI is InChI=1S/C13H23N5O3/c1-5-14-11-6-10(18(20)21)7-12(16-11)15-8-13(2,19)9-17(3)4/h6-7,19H,5,8-9H2,1-4H3,(H2,14,15,16). The molecule has 1 heterocycles. The van der Waals surface area contributed by atoms with E-state index in [9.17, 15) is 15.2 Å². The number of hydrogen-bond acceptors (Lipinski definition) is 7. The summed E-state index contributed by atoms with van der Waals surface area (Å²) in [4.78, 5) is 16.6. The third-order valence-electron chi connectivity index (χ3n) is 2.69. The lowest BCUT2D eigenvalue weighted by Gasteiger charge is -2.27. The lowest BCUT2D eigenvalue weighted by molar-refractivity contribution is -0.384. The number of nitrogens with zero attached hydrogens (tertiary/aromatic N) is 3. The van der Waals surface area contributed by atoms with Gasteiger partial charge in [0.25, 0.3) is 5.69 Å². The number of rotatable bonds is 8. The van der Waals surface area contributed by atoms with E-state index in [2.05, 4.69) is 15.6 Å². The van der Waals surface area contributed by atoms with Crippen LogP contribution in [0.15, 0.2) is 12.1 Å². The number of anilines is 2. The minimum absolute atomic E-state index is 0.0456. The average Bonchev–Trinajstić information content (AvgIpc) is 2.35. The van der Waals surface area contributed by atoms with Gasteiger partial charge in [-0.05, 0) is 27.9 Å². The SMILES string of the molecule is CCNc1cc([N+](=O)[O-])cc(NCC(C)(O)CN(C)C)n1. The Morgan fingerprint density at radius 3 is 2.43 bits per heavy atom. The zero-order valence-electron chi connectivity index (χ0n) is 12.9. The molecule has 118 valence electrons. The summed E-state index contributed by atoms with van der Waals surface area (Å²) < 4.78 is 0. The number of aromatic nitrogens is 1. The van der Waals surface area contributed by atoms with Crippen LogP contribution in [0.4, 0.5) is 17.3 Å². The van der Waals surface area contributed by atoms with Crippen LogP contribution in [-0.4, -0.2) is 59.2 Å². The summed E-state index contributed by atoms with van der Waals surface area (Å²) in [5, 5.41) is 27.0. The monoisotopic (exact) mass is 297 g/mol. The van der Waals surface area contributed by atoms with E-state index < -0.39 is 10.5 Å². The number of hydrogen-bond donors (Lipinski definition) is 3. The Hall–Kier alpha value is -1.93. The van der Waals surface area contributed by atoms with E-state index in [0.717, 1.165) is 0 Å². The van der Waals surface area contributed by atoms with E-state index in [1.165, 1.54) is 12.1 Å². The van der Waals surface area contributed by atoms with Gasteiger partial charge in [0.2, 0.25) is 0 Å². The molecule has 0 aliphatic rings. The first-order valence-corrected chi connectivity index (χ1v) is 6.75. The van der Waals surface area contributed by atoms with Gasteiger partial charge in [0.1, 0.15) is 11.6 Å². The molecule has 0 aliphatic carbocycles. The van der Waals surface area contributed by atoms with Crippen molar-refractivity contribution in [3.63, 3.8) is 0 Å². The van der Waals surface area contributed by atoms with Crippen molar-refractivity contribution >= 4 is 17.3 Å². The lowest BCUT2D eigenvalue weighted by atomic mass is 10.1. The number of pyridine rings is 1. The molecule has 0 saturated carbocycles. The predicted molar refractivity (Wildman–Crippen MR) is 82.7 cm³/mol. The molecular weight excluding hydrogens is 274 g/mol. The van der Waals surface area contributed by atoms with Gasteiger partial charge in [-0.25, -0.2) is 4.98 Å². The van der Waals surface area contributed by atoms with E-state index in [0.29, 0.717) is 24.7 Å². The molecule has 0 aromatic carbocycles. The number of nitro groups is 1. The Kier molecular flexibility index (Phi) is 5.86. The second-order valence-corrected chi connectivity index (χ2v) is 5.47. The molecule has 0 bridgehead atoms. The maximum absolute atomic E-state index is 10.9. The van der Waals surface area contributed by atoms with Crippen molar-refractivity contribution in [1.29, 1.82) is 0 Å². The Balaban J connectivity index is 2.84. The lowest BCUT2D eigenvalue weighted by Crippen LogP contribution is -2.43. The van der Waals surface area contributed by atoms with Crippen LogP contribution >= 0.6 is 0 Å². The van der Waals surface area contributed by atoms with Gasteiger partial charge in [-0.15, -0.1) is 0 Å². The summed E-state index contributed by atoms with van der Waals surface area (Å²) in [7, 11) is 3.73. The van der Waals surface area contributed by atoms with Gasteiger partial charge in [-0.1, -0.05) is 0 Å². The molecule has 3 N–H and O–H groups in total. The maximum atomic E-state index is 10.9. The number of nitrogens with one attached hydrogen (secondary N) is 2. The minimum atomic E-state index is -0.964. The second-order valence-electron chi connectivity index (χ2n) is 5.47. The van der Waals surface area contributed by atoms with Gasteiger partial charge in [-0.2, -0.15) is 0 Å². The zero-order chi connectivity index (χ0) is 16.0. The first-order valence-electron chi connectivity index (χ1n) is 6.75. The minimum Gasteiger partial charge on any atom is -0.387 e. The molecule has 1 rings (SSSR count). The van der Waals surface area contributed by atoms with Gasteiger partial charge >= 0.3 is 0 Å². The van der Waals surface area contributed by atoms with E-state index in [1.54, 1.807) is 6.92 Å². The van der Waals surface area contributed by atoms with E-state index >= 15 is 0 Å². The molecule has 8 heteroatoms. The molecule has 0 spiro atoms. The summed E-state index contributed by atoms with van der Waals surface area (Å²) in [5.41, 5.74) is -1.01. The Morgan fingerprint density at radius 2 is 1.95 bits per heavy atom. The molecule has 1 unspecified atom stereocenters. The van der Waals surface area contributed by atoms with Gasteiger partial charge < -0.3 is 20.6 Å².